The van der Waals surface area contributed by atoms with Crippen LogP contribution in [-0.2, 0) is 16.0 Å². The lowest BCUT2D eigenvalue weighted by molar-refractivity contribution is -0.142. The van der Waals surface area contributed by atoms with Crippen LogP contribution in [0.1, 0.15) is 30.2 Å². The minimum absolute atomic E-state index is 0.168. The number of nitriles is 1. The smallest absolute Gasteiger partial charge is 0.310 e. The molecule has 1 aromatic heterocycles. The maximum atomic E-state index is 12.7. The first-order chi connectivity index (χ1) is 8.51. The Morgan fingerprint density at radius 1 is 1.67 bits per heavy atom. The van der Waals surface area contributed by atoms with Crippen molar-refractivity contribution in [2.75, 3.05) is 6.61 Å². The second kappa shape index (κ2) is 6.40. The Morgan fingerprint density at radius 2 is 2.33 bits per heavy atom. The van der Waals surface area contributed by atoms with Crippen LogP contribution >= 0.6 is 15.9 Å². The molecule has 0 radical (unpaired) electrons. The summed E-state index contributed by atoms with van der Waals surface area (Å²) in [6.07, 6.45) is -1.97. The number of aromatic nitrogens is 1. The molecule has 4 nitrogen and oxygen atoms in total. The van der Waals surface area contributed by atoms with Crippen LogP contribution in [0, 0.1) is 11.3 Å². The van der Waals surface area contributed by atoms with Crippen LogP contribution in [0.15, 0.2) is 10.7 Å². The molecular formula is C11H9BrF2N2O2. The van der Waals surface area contributed by atoms with Crippen LogP contribution in [0.5, 0.6) is 0 Å². The van der Waals surface area contributed by atoms with Gasteiger partial charge in [-0.1, -0.05) is 0 Å². The zero-order valence-electron chi connectivity index (χ0n) is 9.41. The van der Waals surface area contributed by atoms with E-state index in [1.54, 1.807) is 13.0 Å². The molecule has 7 heteroatoms. The first kappa shape index (κ1) is 14.5. The number of hydrogen-bond donors (Lipinski definition) is 0. The van der Waals surface area contributed by atoms with Gasteiger partial charge < -0.3 is 4.74 Å². The van der Waals surface area contributed by atoms with Crippen molar-refractivity contribution in [3.63, 3.8) is 0 Å². The van der Waals surface area contributed by atoms with E-state index in [9.17, 15) is 13.6 Å². The quantitative estimate of drug-likeness (QED) is 0.801. The van der Waals surface area contributed by atoms with Crippen molar-refractivity contribution in [3.05, 3.63) is 27.5 Å². The zero-order chi connectivity index (χ0) is 13.7. The third kappa shape index (κ3) is 3.23. The molecule has 0 fully saturated rings. The molecule has 0 aromatic carbocycles. The first-order valence-corrected chi connectivity index (χ1v) is 5.81. The molecule has 0 aliphatic heterocycles. The van der Waals surface area contributed by atoms with E-state index in [2.05, 4.69) is 20.9 Å². The number of ether oxygens (including phenoxy) is 1. The van der Waals surface area contributed by atoms with Gasteiger partial charge in [0.05, 0.1) is 18.6 Å². The van der Waals surface area contributed by atoms with Crippen molar-refractivity contribution in [2.45, 2.75) is 19.8 Å². The average Bonchev–Trinajstić information content (AvgIpc) is 2.31. The molecule has 1 rings (SSSR count). The van der Waals surface area contributed by atoms with Gasteiger partial charge in [-0.15, -0.1) is 0 Å². The van der Waals surface area contributed by atoms with Crippen LogP contribution in [0.3, 0.4) is 0 Å². The van der Waals surface area contributed by atoms with Gasteiger partial charge in [-0.25, -0.2) is 8.78 Å². The Morgan fingerprint density at radius 3 is 2.83 bits per heavy atom. The van der Waals surface area contributed by atoms with Crippen molar-refractivity contribution in [2.24, 2.45) is 0 Å². The van der Waals surface area contributed by atoms with Gasteiger partial charge in [0.25, 0.3) is 6.43 Å². The summed E-state index contributed by atoms with van der Waals surface area (Å²) < 4.78 is 30.4. The number of esters is 1. The molecule has 0 saturated carbocycles. The monoisotopic (exact) mass is 318 g/mol. The van der Waals surface area contributed by atoms with Gasteiger partial charge in [-0.2, -0.15) is 5.26 Å². The Labute approximate surface area is 111 Å². The summed E-state index contributed by atoms with van der Waals surface area (Å²) in [6, 6.07) is 1.65. The number of pyridine rings is 1. The minimum Gasteiger partial charge on any atom is -0.466 e. The molecule has 0 atom stereocenters. The molecule has 0 aliphatic rings. The summed E-state index contributed by atoms with van der Waals surface area (Å²) in [5, 5.41) is 8.92. The third-order valence-electron chi connectivity index (χ3n) is 2.11. The lowest BCUT2D eigenvalue weighted by Gasteiger charge is -2.09. The number of halogens is 3. The van der Waals surface area contributed by atoms with Crippen LogP contribution in [0.25, 0.3) is 0 Å². The molecule has 0 unspecified atom stereocenters. The van der Waals surface area contributed by atoms with E-state index < -0.39 is 18.1 Å². The maximum absolute atomic E-state index is 12.7. The van der Waals surface area contributed by atoms with Crippen LogP contribution in [-0.4, -0.2) is 17.6 Å². The second-order valence-electron chi connectivity index (χ2n) is 3.24. The summed E-state index contributed by atoms with van der Waals surface area (Å²) in [4.78, 5) is 14.8. The standard InChI is InChI=1S/C11H9BrF2N2O2/c1-2-18-9(17)3-6-7(4-15)10(11(13)14)16-5-8(6)12/h5,11H,2-3H2,1H3. The number of carbonyl (C=O) groups is 1. The van der Waals surface area contributed by atoms with Crippen LogP contribution in [0.4, 0.5) is 8.78 Å². The fourth-order valence-corrected chi connectivity index (χ4v) is 1.80. The van der Waals surface area contributed by atoms with Crippen molar-refractivity contribution in [1.82, 2.24) is 4.98 Å². The third-order valence-corrected chi connectivity index (χ3v) is 2.79. The predicted molar refractivity (Wildman–Crippen MR) is 61.9 cm³/mol. The van der Waals surface area contributed by atoms with Gasteiger partial charge in [-0.05, 0) is 28.4 Å². The fraction of sp³-hybridized carbons (Fsp3) is 0.364. The lowest BCUT2D eigenvalue weighted by atomic mass is 10.0. The molecule has 0 N–H and O–H groups in total. The van der Waals surface area contributed by atoms with Gasteiger partial charge in [0.1, 0.15) is 11.8 Å². The van der Waals surface area contributed by atoms with E-state index in [4.69, 9.17) is 10.00 Å². The largest absolute Gasteiger partial charge is 0.466 e. The SMILES string of the molecule is CCOC(=O)Cc1c(Br)cnc(C(F)F)c1C#N. The van der Waals surface area contributed by atoms with Gasteiger partial charge in [0.15, 0.2) is 0 Å². The molecule has 0 amide bonds. The number of alkyl halides is 2. The second-order valence-corrected chi connectivity index (χ2v) is 4.09. The summed E-state index contributed by atoms with van der Waals surface area (Å²) in [7, 11) is 0. The highest BCUT2D eigenvalue weighted by Crippen LogP contribution is 2.28. The number of carbonyl (C=O) groups excluding carboxylic acids is 1. The van der Waals surface area contributed by atoms with Crippen LogP contribution in [0.2, 0.25) is 0 Å². The molecule has 0 saturated heterocycles. The van der Waals surface area contributed by atoms with Crippen molar-refractivity contribution >= 4 is 21.9 Å². The number of rotatable bonds is 4. The van der Waals surface area contributed by atoms with Gasteiger partial charge in [-0.3, -0.25) is 9.78 Å². The summed E-state index contributed by atoms with van der Waals surface area (Å²) in [5.41, 5.74) is -0.742. The van der Waals surface area contributed by atoms with Crippen molar-refractivity contribution < 1.29 is 18.3 Å². The lowest BCUT2D eigenvalue weighted by Crippen LogP contribution is -2.11. The number of nitrogens with zero attached hydrogens (tertiary/aromatic N) is 2. The molecule has 0 bridgehead atoms. The highest BCUT2D eigenvalue weighted by molar-refractivity contribution is 9.10. The summed E-state index contributed by atoms with van der Waals surface area (Å²) in [6.45, 7) is 1.82. The van der Waals surface area contributed by atoms with Gasteiger partial charge in [0.2, 0.25) is 0 Å². The Hall–Kier alpha value is -1.55. The highest BCUT2D eigenvalue weighted by Gasteiger charge is 2.22. The van der Waals surface area contributed by atoms with Crippen LogP contribution < -0.4 is 0 Å². The Bertz CT molecular complexity index is 501. The minimum atomic E-state index is -2.87. The van der Waals surface area contributed by atoms with E-state index >= 15 is 0 Å². The van der Waals surface area contributed by atoms with Gasteiger partial charge >= 0.3 is 5.97 Å². The zero-order valence-corrected chi connectivity index (χ0v) is 11.0. The fourth-order valence-electron chi connectivity index (χ4n) is 1.36. The molecule has 0 aliphatic carbocycles. The molecule has 18 heavy (non-hydrogen) atoms. The maximum Gasteiger partial charge on any atom is 0.310 e. The van der Waals surface area contributed by atoms with E-state index in [1.165, 1.54) is 0 Å². The normalized spacial score (nSPS) is 10.2. The molecule has 1 heterocycles. The highest BCUT2D eigenvalue weighted by atomic mass is 79.9. The first-order valence-electron chi connectivity index (χ1n) is 5.02. The predicted octanol–water partition coefficient (Wildman–Crippen LogP) is 2.76. The van der Waals surface area contributed by atoms with E-state index in [0.717, 1.165) is 6.20 Å². The average molecular weight is 319 g/mol. The Balaban J connectivity index is 3.21. The van der Waals surface area contributed by atoms with E-state index in [0.29, 0.717) is 4.47 Å². The number of hydrogen-bond acceptors (Lipinski definition) is 4. The Kier molecular flexibility index (Phi) is 5.16. The van der Waals surface area contributed by atoms with Gasteiger partial charge in [0, 0.05) is 10.7 Å². The molecular weight excluding hydrogens is 310 g/mol. The van der Waals surface area contributed by atoms with E-state index in [-0.39, 0.29) is 24.2 Å². The van der Waals surface area contributed by atoms with Crippen molar-refractivity contribution in [3.8, 4) is 6.07 Å². The summed E-state index contributed by atoms with van der Waals surface area (Å²) >= 11 is 3.08. The summed E-state index contributed by atoms with van der Waals surface area (Å²) in [5.74, 6) is -0.582. The molecule has 1 aromatic rings. The van der Waals surface area contributed by atoms with Crippen molar-refractivity contribution in [1.29, 1.82) is 5.26 Å². The molecule has 0 spiro atoms. The topological polar surface area (TPSA) is 63.0 Å². The molecule has 96 valence electrons. The van der Waals surface area contributed by atoms with E-state index in [1.807, 2.05) is 0 Å².